The van der Waals surface area contributed by atoms with Crippen LogP contribution < -0.4 is 0 Å². The summed E-state index contributed by atoms with van der Waals surface area (Å²) in [5.41, 5.74) is 1.08. The third-order valence-electron chi connectivity index (χ3n) is 5.54. The molecule has 2 fully saturated rings. The molecule has 0 bridgehead atoms. The van der Waals surface area contributed by atoms with Crippen molar-refractivity contribution < 1.29 is 14.4 Å². The largest absolute Gasteiger partial charge is 0.345 e. The number of carbonyl (C=O) groups excluding carboxylic acids is 3. The van der Waals surface area contributed by atoms with Crippen molar-refractivity contribution in [3.8, 4) is 0 Å². The van der Waals surface area contributed by atoms with E-state index in [1.807, 2.05) is 18.1 Å². The number of carbonyl (C=O) groups is 3. The number of hydrogen-bond donors (Lipinski definition) is 1. The standard InChI is InChI=1S/C19H29N5O3/c1-22(11-7-15-12-20-21-13-15)19(27)16-5-6-18(26)24(14-16)10-3-9-23-8-2-4-17(23)25/h12-13,16H,2-11,14H2,1H3,(H,20,21)/t16-/m1/s1. The van der Waals surface area contributed by atoms with E-state index in [1.165, 1.54) is 0 Å². The van der Waals surface area contributed by atoms with E-state index in [0.29, 0.717) is 45.4 Å². The fraction of sp³-hybridized carbons (Fsp3) is 0.684. The van der Waals surface area contributed by atoms with Gasteiger partial charge in [0.25, 0.3) is 0 Å². The van der Waals surface area contributed by atoms with Crippen molar-refractivity contribution >= 4 is 17.7 Å². The Hall–Kier alpha value is -2.38. The molecule has 0 aromatic carbocycles. The Morgan fingerprint density at radius 1 is 1.26 bits per heavy atom. The van der Waals surface area contributed by atoms with Crippen LogP contribution in [0, 0.1) is 5.92 Å². The zero-order chi connectivity index (χ0) is 19.2. The van der Waals surface area contributed by atoms with E-state index in [1.54, 1.807) is 16.0 Å². The average molecular weight is 375 g/mol. The van der Waals surface area contributed by atoms with Crippen LogP contribution in [0.4, 0.5) is 0 Å². The molecular weight excluding hydrogens is 346 g/mol. The first kappa shape index (κ1) is 19.4. The number of nitrogens with zero attached hydrogens (tertiary/aromatic N) is 4. The van der Waals surface area contributed by atoms with Crippen molar-refractivity contribution in [3.63, 3.8) is 0 Å². The van der Waals surface area contributed by atoms with Gasteiger partial charge in [0.15, 0.2) is 0 Å². The highest BCUT2D eigenvalue weighted by molar-refractivity contribution is 5.83. The summed E-state index contributed by atoms with van der Waals surface area (Å²) in [5.74, 6) is 0.302. The van der Waals surface area contributed by atoms with Crippen LogP contribution in [0.5, 0.6) is 0 Å². The molecule has 1 N–H and O–H groups in total. The number of piperidine rings is 1. The quantitative estimate of drug-likeness (QED) is 0.723. The molecule has 2 aliphatic rings. The summed E-state index contributed by atoms with van der Waals surface area (Å²) in [4.78, 5) is 42.1. The fourth-order valence-electron chi connectivity index (χ4n) is 3.86. The minimum Gasteiger partial charge on any atom is -0.345 e. The maximum atomic E-state index is 12.7. The molecule has 8 nitrogen and oxygen atoms in total. The highest BCUT2D eigenvalue weighted by Gasteiger charge is 2.31. The SMILES string of the molecule is CN(CCc1cn[nH]c1)C(=O)[C@@H]1CCC(=O)N(CCCN2CCCC2=O)C1. The van der Waals surface area contributed by atoms with Crippen molar-refractivity contribution in [2.45, 2.75) is 38.5 Å². The van der Waals surface area contributed by atoms with Crippen molar-refractivity contribution in [1.82, 2.24) is 24.9 Å². The number of aromatic amines is 1. The van der Waals surface area contributed by atoms with Crippen LogP contribution in [-0.2, 0) is 20.8 Å². The fourth-order valence-corrected chi connectivity index (χ4v) is 3.86. The van der Waals surface area contributed by atoms with Gasteiger partial charge in [-0.25, -0.2) is 0 Å². The second kappa shape index (κ2) is 9.01. The second-order valence-electron chi connectivity index (χ2n) is 7.53. The van der Waals surface area contributed by atoms with E-state index >= 15 is 0 Å². The van der Waals surface area contributed by atoms with Crippen LogP contribution in [0.1, 0.15) is 37.7 Å². The molecule has 2 aliphatic heterocycles. The molecule has 8 heteroatoms. The van der Waals surface area contributed by atoms with Gasteiger partial charge < -0.3 is 14.7 Å². The predicted octanol–water partition coefficient (Wildman–Crippen LogP) is 0.662. The number of likely N-dealkylation sites (tertiary alicyclic amines) is 2. The van der Waals surface area contributed by atoms with Gasteiger partial charge in [0.2, 0.25) is 17.7 Å². The van der Waals surface area contributed by atoms with Gasteiger partial charge in [0.1, 0.15) is 0 Å². The summed E-state index contributed by atoms with van der Waals surface area (Å²) < 4.78 is 0. The number of likely N-dealkylation sites (N-methyl/N-ethyl adjacent to an activating group) is 1. The number of nitrogens with one attached hydrogen (secondary N) is 1. The predicted molar refractivity (Wildman–Crippen MR) is 99.7 cm³/mol. The maximum absolute atomic E-state index is 12.7. The highest BCUT2D eigenvalue weighted by atomic mass is 16.2. The van der Waals surface area contributed by atoms with Gasteiger partial charge in [-0.15, -0.1) is 0 Å². The molecule has 148 valence electrons. The number of H-pyrrole nitrogens is 1. The minimum atomic E-state index is -0.134. The first-order valence-corrected chi connectivity index (χ1v) is 9.83. The van der Waals surface area contributed by atoms with Gasteiger partial charge in [-0.1, -0.05) is 0 Å². The van der Waals surface area contributed by atoms with Gasteiger partial charge in [0.05, 0.1) is 12.1 Å². The molecular formula is C19H29N5O3. The summed E-state index contributed by atoms with van der Waals surface area (Å²) in [7, 11) is 1.82. The molecule has 1 atom stereocenters. The average Bonchev–Trinajstić information content (AvgIpc) is 3.32. The molecule has 1 aromatic heterocycles. The van der Waals surface area contributed by atoms with E-state index < -0.39 is 0 Å². The number of hydrogen-bond acceptors (Lipinski definition) is 4. The third kappa shape index (κ3) is 5.08. The first-order chi connectivity index (χ1) is 13.0. The number of rotatable bonds is 8. The molecule has 3 rings (SSSR count). The number of amides is 3. The summed E-state index contributed by atoms with van der Waals surface area (Å²) >= 11 is 0. The topological polar surface area (TPSA) is 89.6 Å². The highest BCUT2D eigenvalue weighted by Crippen LogP contribution is 2.20. The Bertz CT molecular complexity index is 660. The maximum Gasteiger partial charge on any atom is 0.227 e. The molecule has 3 heterocycles. The molecule has 27 heavy (non-hydrogen) atoms. The molecule has 0 unspecified atom stereocenters. The van der Waals surface area contributed by atoms with Crippen LogP contribution in [-0.4, -0.2) is 82.4 Å². The lowest BCUT2D eigenvalue weighted by Crippen LogP contribution is -2.47. The second-order valence-corrected chi connectivity index (χ2v) is 7.53. The van der Waals surface area contributed by atoms with Gasteiger partial charge in [0, 0.05) is 58.8 Å². The molecule has 0 aliphatic carbocycles. The van der Waals surface area contributed by atoms with E-state index in [9.17, 15) is 14.4 Å². The lowest BCUT2D eigenvalue weighted by Gasteiger charge is -2.34. The van der Waals surface area contributed by atoms with Crippen molar-refractivity contribution in [2.75, 3.05) is 39.8 Å². The lowest BCUT2D eigenvalue weighted by molar-refractivity contribution is -0.142. The van der Waals surface area contributed by atoms with Gasteiger partial charge in [-0.05, 0) is 31.2 Å². The summed E-state index contributed by atoms with van der Waals surface area (Å²) in [6, 6.07) is 0. The van der Waals surface area contributed by atoms with Crippen LogP contribution >= 0.6 is 0 Å². The van der Waals surface area contributed by atoms with E-state index in [2.05, 4.69) is 10.2 Å². The summed E-state index contributed by atoms with van der Waals surface area (Å²) in [5, 5.41) is 6.69. The van der Waals surface area contributed by atoms with Gasteiger partial charge >= 0.3 is 0 Å². The Balaban J connectivity index is 1.44. The first-order valence-electron chi connectivity index (χ1n) is 9.83. The van der Waals surface area contributed by atoms with Crippen molar-refractivity contribution in [1.29, 1.82) is 0 Å². The molecule has 0 saturated carbocycles. The molecule has 1 aromatic rings. The summed E-state index contributed by atoms with van der Waals surface area (Å²) in [6.07, 6.45) is 7.76. The minimum absolute atomic E-state index is 0.103. The van der Waals surface area contributed by atoms with Crippen LogP contribution in [0.3, 0.4) is 0 Å². The van der Waals surface area contributed by atoms with E-state index in [0.717, 1.165) is 31.4 Å². The van der Waals surface area contributed by atoms with Crippen LogP contribution in [0.2, 0.25) is 0 Å². The zero-order valence-electron chi connectivity index (χ0n) is 16.0. The van der Waals surface area contributed by atoms with Crippen LogP contribution in [0.25, 0.3) is 0 Å². The Labute approximate surface area is 159 Å². The normalized spacial score (nSPS) is 20.4. The summed E-state index contributed by atoms with van der Waals surface area (Å²) in [6.45, 7) is 3.27. The smallest absolute Gasteiger partial charge is 0.227 e. The number of aromatic nitrogens is 2. The lowest BCUT2D eigenvalue weighted by atomic mass is 9.95. The molecule has 0 spiro atoms. The third-order valence-corrected chi connectivity index (χ3v) is 5.54. The molecule has 2 saturated heterocycles. The zero-order valence-corrected chi connectivity index (χ0v) is 16.0. The van der Waals surface area contributed by atoms with Crippen molar-refractivity contribution in [3.05, 3.63) is 18.0 Å². The molecule has 3 amide bonds. The van der Waals surface area contributed by atoms with Gasteiger partial charge in [-0.2, -0.15) is 5.10 Å². The van der Waals surface area contributed by atoms with Crippen LogP contribution in [0.15, 0.2) is 12.4 Å². The Morgan fingerprint density at radius 2 is 2.04 bits per heavy atom. The monoisotopic (exact) mass is 375 g/mol. The van der Waals surface area contributed by atoms with Crippen molar-refractivity contribution in [2.24, 2.45) is 5.92 Å². The van der Waals surface area contributed by atoms with E-state index in [4.69, 9.17) is 0 Å². The molecule has 0 radical (unpaired) electrons. The Morgan fingerprint density at radius 3 is 2.74 bits per heavy atom. The van der Waals surface area contributed by atoms with E-state index in [-0.39, 0.29) is 23.6 Å². The van der Waals surface area contributed by atoms with Gasteiger partial charge in [-0.3, -0.25) is 19.5 Å². The Kier molecular flexibility index (Phi) is 6.47.